The highest BCUT2D eigenvalue weighted by atomic mass is 19.4. The Morgan fingerprint density at radius 1 is 0.962 bits per heavy atom. The second-order valence-corrected chi connectivity index (χ2v) is 5.50. The van der Waals surface area contributed by atoms with Crippen molar-refractivity contribution in [2.24, 2.45) is 0 Å². The van der Waals surface area contributed by atoms with E-state index in [2.05, 4.69) is 15.4 Å². The van der Waals surface area contributed by atoms with Crippen molar-refractivity contribution >= 4 is 23.3 Å². The van der Waals surface area contributed by atoms with Crippen molar-refractivity contribution in [1.29, 1.82) is 0 Å². The fraction of sp³-hybridized carbons (Fsp3) is 0.222. The molecule has 0 saturated carbocycles. The van der Waals surface area contributed by atoms with E-state index in [1.54, 1.807) is 31.2 Å². The fourth-order valence-electron chi connectivity index (χ4n) is 2.13. The predicted molar refractivity (Wildman–Crippen MR) is 90.9 cm³/mol. The molecule has 1 atom stereocenters. The summed E-state index contributed by atoms with van der Waals surface area (Å²) in [6, 6.07) is 9.88. The van der Waals surface area contributed by atoms with Crippen LogP contribution >= 0.6 is 0 Å². The van der Waals surface area contributed by atoms with Crippen molar-refractivity contribution in [2.75, 3.05) is 17.7 Å². The second-order valence-electron chi connectivity index (χ2n) is 5.50. The van der Waals surface area contributed by atoms with Crippen LogP contribution in [0.4, 0.5) is 24.5 Å². The largest absolute Gasteiger partial charge is 0.465 e. The number of methoxy groups -OCH3 is 1. The van der Waals surface area contributed by atoms with Gasteiger partial charge in [0.05, 0.1) is 18.2 Å². The van der Waals surface area contributed by atoms with E-state index in [1.807, 2.05) is 0 Å². The molecule has 2 aromatic rings. The van der Waals surface area contributed by atoms with Gasteiger partial charge in [0.15, 0.2) is 0 Å². The molecule has 0 aromatic heterocycles. The molecule has 0 aliphatic carbocycles. The Bertz CT molecular complexity index is 772. The number of esters is 1. The molecule has 0 radical (unpaired) electrons. The maximum Gasteiger partial charge on any atom is 0.416 e. The topological polar surface area (TPSA) is 67.4 Å². The Kier molecular flexibility index (Phi) is 5.86. The molecule has 0 fully saturated rings. The quantitative estimate of drug-likeness (QED) is 0.787. The molecule has 0 heterocycles. The third kappa shape index (κ3) is 4.98. The van der Waals surface area contributed by atoms with Crippen LogP contribution < -0.4 is 10.6 Å². The Labute approximate surface area is 148 Å². The number of halogens is 3. The predicted octanol–water partition coefficient (Wildman–Crippen LogP) is 3.93. The molecule has 0 aliphatic rings. The van der Waals surface area contributed by atoms with Gasteiger partial charge >= 0.3 is 12.1 Å². The molecular weight excluding hydrogens is 349 g/mol. The highest BCUT2D eigenvalue weighted by Gasteiger charge is 2.30. The van der Waals surface area contributed by atoms with Crippen LogP contribution in [0.3, 0.4) is 0 Å². The summed E-state index contributed by atoms with van der Waals surface area (Å²) >= 11 is 0. The van der Waals surface area contributed by atoms with Gasteiger partial charge in [-0.3, -0.25) is 4.79 Å². The number of nitrogens with one attached hydrogen (secondary N) is 2. The molecule has 0 aliphatic heterocycles. The molecule has 2 rings (SSSR count). The van der Waals surface area contributed by atoms with Crippen LogP contribution in [-0.4, -0.2) is 25.0 Å². The zero-order valence-corrected chi connectivity index (χ0v) is 14.1. The Hall–Kier alpha value is -3.03. The molecule has 2 N–H and O–H groups in total. The highest BCUT2D eigenvalue weighted by molar-refractivity contribution is 5.96. The number of benzene rings is 2. The van der Waals surface area contributed by atoms with E-state index in [9.17, 15) is 22.8 Å². The van der Waals surface area contributed by atoms with Crippen LogP contribution in [0.2, 0.25) is 0 Å². The summed E-state index contributed by atoms with van der Waals surface area (Å²) in [5.41, 5.74) is 0.456. The zero-order chi connectivity index (χ0) is 19.3. The van der Waals surface area contributed by atoms with Gasteiger partial charge in [-0.1, -0.05) is 0 Å². The normalized spacial score (nSPS) is 12.2. The van der Waals surface area contributed by atoms with Crippen molar-refractivity contribution in [1.82, 2.24) is 0 Å². The smallest absolute Gasteiger partial charge is 0.416 e. The zero-order valence-electron chi connectivity index (χ0n) is 14.1. The first-order valence-electron chi connectivity index (χ1n) is 7.64. The van der Waals surface area contributed by atoms with E-state index in [0.717, 1.165) is 12.1 Å². The first-order valence-corrected chi connectivity index (χ1v) is 7.64. The van der Waals surface area contributed by atoms with E-state index in [0.29, 0.717) is 11.3 Å². The van der Waals surface area contributed by atoms with Crippen LogP contribution in [0, 0.1) is 0 Å². The van der Waals surface area contributed by atoms with Crippen LogP contribution in [0.25, 0.3) is 0 Å². The van der Waals surface area contributed by atoms with Gasteiger partial charge in [-0.15, -0.1) is 0 Å². The fourth-order valence-corrected chi connectivity index (χ4v) is 2.13. The minimum atomic E-state index is -4.42. The molecule has 26 heavy (non-hydrogen) atoms. The summed E-state index contributed by atoms with van der Waals surface area (Å²) in [4.78, 5) is 23.5. The molecule has 1 amide bonds. The Morgan fingerprint density at radius 2 is 1.50 bits per heavy atom. The van der Waals surface area contributed by atoms with E-state index in [1.165, 1.54) is 19.2 Å². The first-order chi connectivity index (χ1) is 12.2. The lowest BCUT2D eigenvalue weighted by atomic mass is 10.2. The molecule has 138 valence electrons. The first kappa shape index (κ1) is 19.3. The van der Waals surface area contributed by atoms with Crippen LogP contribution in [0.15, 0.2) is 48.5 Å². The van der Waals surface area contributed by atoms with Gasteiger partial charge in [0.1, 0.15) is 6.04 Å². The third-order valence-electron chi connectivity index (χ3n) is 3.56. The summed E-state index contributed by atoms with van der Waals surface area (Å²) in [7, 11) is 1.28. The number of hydrogen-bond donors (Lipinski definition) is 2. The molecule has 0 unspecified atom stereocenters. The van der Waals surface area contributed by atoms with Crippen LogP contribution in [0.1, 0.15) is 22.8 Å². The van der Waals surface area contributed by atoms with Crippen molar-refractivity contribution in [3.05, 3.63) is 59.7 Å². The number of alkyl halides is 3. The molecule has 2 aromatic carbocycles. The number of anilines is 2. The van der Waals surface area contributed by atoms with E-state index in [4.69, 9.17) is 0 Å². The molecule has 0 saturated heterocycles. The van der Waals surface area contributed by atoms with Gasteiger partial charge in [-0.2, -0.15) is 13.2 Å². The molecule has 5 nitrogen and oxygen atoms in total. The van der Waals surface area contributed by atoms with Crippen LogP contribution in [0.5, 0.6) is 0 Å². The molecule has 8 heteroatoms. The standard InChI is InChI=1S/C18H17F3N2O3/c1-11(22-14-7-3-12(4-8-14)17(25)26-2)16(24)23-15-9-5-13(6-10-15)18(19,20)21/h3-11,22H,1-2H3,(H,23,24)/t11-/m0/s1. The lowest BCUT2D eigenvalue weighted by molar-refractivity contribution is -0.137. The van der Waals surface area contributed by atoms with Gasteiger partial charge in [0.2, 0.25) is 5.91 Å². The van der Waals surface area contributed by atoms with Gasteiger partial charge < -0.3 is 15.4 Å². The summed E-state index contributed by atoms with van der Waals surface area (Å²) in [6.07, 6.45) is -4.42. The Balaban J connectivity index is 1.96. The SMILES string of the molecule is COC(=O)c1ccc(N[C@@H](C)C(=O)Nc2ccc(C(F)(F)F)cc2)cc1. The van der Waals surface area contributed by atoms with Crippen LogP contribution in [-0.2, 0) is 15.7 Å². The average Bonchev–Trinajstić information content (AvgIpc) is 2.61. The lowest BCUT2D eigenvalue weighted by Crippen LogP contribution is -2.31. The summed E-state index contributed by atoms with van der Waals surface area (Å²) in [5.74, 6) is -0.883. The maximum absolute atomic E-state index is 12.5. The van der Waals surface area contributed by atoms with Gasteiger partial charge in [-0.25, -0.2) is 4.79 Å². The minimum absolute atomic E-state index is 0.262. The highest BCUT2D eigenvalue weighted by Crippen LogP contribution is 2.29. The molecule has 0 bridgehead atoms. The second kappa shape index (κ2) is 7.90. The van der Waals surface area contributed by atoms with E-state index < -0.39 is 29.7 Å². The minimum Gasteiger partial charge on any atom is -0.465 e. The molecular formula is C18H17F3N2O3. The van der Waals surface area contributed by atoms with Crippen molar-refractivity contribution in [2.45, 2.75) is 19.1 Å². The monoisotopic (exact) mass is 366 g/mol. The number of rotatable bonds is 5. The average molecular weight is 366 g/mol. The Morgan fingerprint density at radius 3 is 2.00 bits per heavy atom. The third-order valence-corrected chi connectivity index (χ3v) is 3.56. The number of hydrogen-bond acceptors (Lipinski definition) is 4. The number of carbonyl (C=O) groups is 2. The number of carbonyl (C=O) groups excluding carboxylic acids is 2. The van der Waals surface area contributed by atoms with Crippen molar-refractivity contribution in [3.63, 3.8) is 0 Å². The van der Waals surface area contributed by atoms with E-state index in [-0.39, 0.29) is 5.69 Å². The maximum atomic E-state index is 12.5. The number of ether oxygens (including phenoxy) is 1. The molecule has 0 spiro atoms. The number of amides is 1. The summed E-state index contributed by atoms with van der Waals surface area (Å²) in [6.45, 7) is 1.60. The van der Waals surface area contributed by atoms with E-state index >= 15 is 0 Å². The summed E-state index contributed by atoms with van der Waals surface area (Å²) in [5, 5.41) is 5.47. The summed E-state index contributed by atoms with van der Waals surface area (Å²) < 4.78 is 42.2. The van der Waals surface area contributed by atoms with Crippen molar-refractivity contribution in [3.8, 4) is 0 Å². The van der Waals surface area contributed by atoms with Gasteiger partial charge in [-0.05, 0) is 55.5 Å². The van der Waals surface area contributed by atoms with Crippen molar-refractivity contribution < 1.29 is 27.5 Å². The van der Waals surface area contributed by atoms with Gasteiger partial charge in [0, 0.05) is 11.4 Å². The lowest BCUT2D eigenvalue weighted by Gasteiger charge is -2.16. The van der Waals surface area contributed by atoms with Gasteiger partial charge in [0.25, 0.3) is 0 Å².